The number of aliphatic hydroxyl groups is 2. The lowest BCUT2D eigenvalue weighted by Crippen LogP contribution is -2.46. The van der Waals surface area contributed by atoms with Crippen LogP contribution < -0.4 is 0 Å². The molecule has 0 radical (unpaired) electrons. The number of oxime groups is 1. The van der Waals surface area contributed by atoms with E-state index in [0.29, 0.717) is 0 Å². The van der Waals surface area contributed by atoms with E-state index in [1.165, 1.54) is 14.0 Å². The van der Waals surface area contributed by atoms with Gasteiger partial charge in [0, 0.05) is 25.1 Å². The van der Waals surface area contributed by atoms with Crippen LogP contribution in [-0.2, 0) is 20.8 Å². The summed E-state index contributed by atoms with van der Waals surface area (Å²) in [7, 11) is 1.50. The van der Waals surface area contributed by atoms with Gasteiger partial charge in [-0.05, 0) is 36.1 Å². The smallest absolute Gasteiger partial charge is 0.177 e. The van der Waals surface area contributed by atoms with Gasteiger partial charge in [-0.1, -0.05) is 38.1 Å². The van der Waals surface area contributed by atoms with Gasteiger partial charge in [-0.15, -0.1) is 0 Å². The third kappa shape index (κ3) is 6.32. The number of Topliss-reactive ketones (excluding diaryl/α,β-unsaturated/α-hetero) is 1. The van der Waals surface area contributed by atoms with Crippen LogP contribution in [0.1, 0.15) is 33.3 Å². The number of aliphatic hydroxyl groups excluding tert-OH is 2. The first-order valence-electron chi connectivity index (χ1n) is 9.57. The summed E-state index contributed by atoms with van der Waals surface area (Å²) >= 11 is 0. The highest BCUT2D eigenvalue weighted by molar-refractivity contribution is 5.93. The topological polar surface area (TPSA) is 101 Å². The van der Waals surface area contributed by atoms with Crippen LogP contribution in [0.2, 0.25) is 0 Å². The second-order valence-corrected chi connectivity index (χ2v) is 8.20. The van der Waals surface area contributed by atoms with Crippen LogP contribution in [0.4, 0.5) is 0 Å². The van der Waals surface area contributed by atoms with Crippen molar-refractivity contribution in [3.63, 3.8) is 0 Å². The van der Waals surface area contributed by atoms with E-state index in [0.717, 1.165) is 16.5 Å². The van der Waals surface area contributed by atoms with Crippen molar-refractivity contribution < 1.29 is 24.6 Å². The summed E-state index contributed by atoms with van der Waals surface area (Å²) in [5.74, 6) is -0.160. The molecule has 0 aliphatic carbocycles. The van der Waals surface area contributed by atoms with Gasteiger partial charge in [0.1, 0.15) is 17.9 Å². The van der Waals surface area contributed by atoms with Crippen molar-refractivity contribution in [2.75, 3.05) is 13.7 Å². The predicted molar refractivity (Wildman–Crippen MR) is 112 cm³/mol. The molecule has 2 aromatic rings. The normalized spacial score (nSPS) is 15.8. The summed E-state index contributed by atoms with van der Waals surface area (Å²) in [6.45, 7) is 6.97. The van der Waals surface area contributed by atoms with Crippen LogP contribution in [0.5, 0.6) is 0 Å². The number of ketones is 1. The maximum Gasteiger partial charge on any atom is 0.177 e. The number of aromatic nitrogens is 1. The number of hydrogen-bond donors (Lipinski definition) is 2. The van der Waals surface area contributed by atoms with E-state index in [-0.39, 0.29) is 24.5 Å². The number of ether oxygens (including phenoxy) is 1. The third-order valence-electron chi connectivity index (χ3n) is 4.52. The monoisotopic (exact) mass is 402 g/mol. The van der Waals surface area contributed by atoms with Crippen molar-refractivity contribution in [3.8, 4) is 0 Å². The van der Waals surface area contributed by atoms with Gasteiger partial charge in [-0.25, -0.2) is 0 Å². The fourth-order valence-electron chi connectivity index (χ4n) is 3.11. The van der Waals surface area contributed by atoms with Crippen LogP contribution in [0.3, 0.4) is 0 Å². The molecule has 1 heterocycles. The first kappa shape index (κ1) is 22.9. The molecule has 0 saturated heterocycles. The van der Waals surface area contributed by atoms with Gasteiger partial charge >= 0.3 is 0 Å². The van der Waals surface area contributed by atoms with E-state index in [2.05, 4.69) is 10.1 Å². The molecule has 0 aliphatic rings. The molecule has 2 rings (SSSR count). The predicted octanol–water partition coefficient (Wildman–Crippen LogP) is 2.52. The summed E-state index contributed by atoms with van der Waals surface area (Å²) in [6, 6.07) is 9.45. The highest BCUT2D eigenvalue weighted by atomic mass is 16.6. The van der Waals surface area contributed by atoms with E-state index in [9.17, 15) is 15.0 Å². The SMILES string of the molecule is CO[C@H](/C(=N/OCC(=O)Cc1ccc2ncccc2c1)[C@@H](O)[C@@H](C)O)C(C)(C)C. The molecule has 29 heavy (non-hydrogen) atoms. The zero-order valence-electron chi connectivity index (χ0n) is 17.6. The molecule has 0 spiro atoms. The van der Waals surface area contributed by atoms with Gasteiger partial charge in [0.25, 0.3) is 0 Å². The second kappa shape index (κ2) is 9.91. The largest absolute Gasteiger partial charge is 0.390 e. The van der Waals surface area contributed by atoms with Crippen molar-refractivity contribution in [2.45, 2.75) is 52.4 Å². The molecule has 0 bridgehead atoms. The second-order valence-electron chi connectivity index (χ2n) is 8.20. The number of pyridine rings is 1. The quantitative estimate of drug-likeness (QED) is 0.494. The average Bonchev–Trinajstić information content (AvgIpc) is 2.65. The summed E-state index contributed by atoms with van der Waals surface area (Å²) < 4.78 is 5.47. The Labute approximate surface area is 171 Å². The summed E-state index contributed by atoms with van der Waals surface area (Å²) in [4.78, 5) is 21.8. The number of rotatable bonds is 9. The number of benzene rings is 1. The molecule has 0 saturated carbocycles. The van der Waals surface area contributed by atoms with Crippen molar-refractivity contribution in [2.24, 2.45) is 10.6 Å². The minimum atomic E-state index is -1.26. The van der Waals surface area contributed by atoms with Crippen LogP contribution in [0.15, 0.2) is 41.7 Å². The van der Waals surface area contributed by atoms with E-state index < -0.39 is 23.7 Å². The van der Waals surface area contributed by atoms with Gasteiger partial charge in [0.2, 0.25) is 0 Å². The lowest BCUT2D eigenvalue weighted by atomic mass is 9.83. The maximum absolute atomic E-state index is 12.3. The van der Waals surface area contributed by atoms with Crippen molar-refractivity contribution in [3.05, 3.63) is 42.1 Å². The van der Waals surface area contributed by atoms with Crippen molar-refractivity contribution in [1.29, 1.82) is 0 Å². The zero-order valence-corrected chi connectivity index (χ0v) is 17.6. The molecule has 0 aliphatic heterocycles. The molecule has 1 aromatic carbocycles. The fraction of sp³-hybridized carbons (Fsp3) is 0.500. The summed E-state index contributed by atoms with van der Waals surface area (Å²) in [5.41, 5.74) is 1.49. The Bertz CT molecular complexity index is 858. The Balaban J connectivity index is 2.07. The molecule has 1 aromatic heterocycles. The highest BCUT2D eigenvalue weighted by Crippen LogP contribution is 2.25. The lowest BCUT2D eigenvalue weighted by Gasteiger charge is -2.32. The first-order valence-corrected chi connectivity index (χ1v) is 9.57. The van der Waals surface area contributed by atoms with E-state index in [4.69, 9.17) is 9.57 Å². The molecular formula is C22H30N2O5. The lowest BCUT2D eigenvalue weighted by molar-refractivity contribution is -0.123. The van der Waals surface area contributed by atoms with E-state index in [1.54, 1.807) is 6.20 Å². The van der Waals surface area contributed by atoms with Gasteiger partial charge in [0.05, 0.1) is 11.6 Å². The summed E-state index contributed by atoms with van der Waals surface area (Å²) in [5, 5.41) is 25.0. The van der Waals surface area contributed by atoms with Gasteiger partial charge in [-0.3, -0.25) is 9.78 Å². The minimum Gasteiger partial charge on any atom is -0.390 e. The van der Waals surface area contributed by atoms with Gasteiger partial charge in [-0.2, -0.15) is 0 Å². The minimum absolute atomic E-state index is 0.152. The van der Waals surface area contributed by atoms with Gasteiger partial charge in [0.15, 0.2) is 12.4 Å². The Morgan fingerprint density at radius 2 is 1.97 bits per heavy atom. The number of nitrogens with zero attached hydrogens (tertiary/aromatic N) is 2. The number of carbonyl (C=O) groups excluding carboxylic acids is 1. The Morgan fingerprint density at radius 3 is 2.59 bits per heavy atom. The molecule has 158 valence electrons. The maximum atomic E-state index is 12.3. The van der Waals surface area contributed by atoms with Crippen molar-refractivity contribution in [1.82, 2.24) is 4.98 Å². The van der Waals surface area contributed by atoms with Crippen LogP contribution in [0.25, 0.3) is 10.9 Å². The molecule has 3 atom stereocenters. The Hall–Kier alpha value is -2.35. The molecule has 7 nitrogen and oxygen atoms in total. The summed E-state index contributed by atoms with van der Waals surface area (Å²) in [6.07, 6.45) is -0.984. The number of carbonyl (C=O) groups is 1. The fourth-order valence-corrected chi connectivity index (χ4v) is 3.11. The molecule has 2 N–H and O–H groups in total. The molecular weight excluding hydrogens is 372 g/mol. The number of methoxy groups -OCH3 is 1. The standard InChI is InChI=1S/C22H30N2O5/c1-14(25)20(27)19(21(28-5)22(2,3)4)24-29-13-17(26)12-15-8-9-18-16(11-15)7-6-10-23-18/h6-11,14,20-21,25,27H,12-13H2,1-5H3/b24-19+/t14-,20+,21-/m1/s1. The Kier molecular flexibility index (Phi) is 7.84. The van der Waals surface area contributed by atoms with Crippen molar-refractivity contribution >= 4 is 22.4 Å². The van der Waals surface area contributed by atoms with Gasteiger partial charge < -0.3 is 19.8 Å². The van der Waals surface area contributed by atoms with Crippen LogP contribution in [0, 0.1) is 5.41 Å². The first-order chi connectivity index (χ1) is 13.6. The van der Waals surface area contributed by atoms with E-state index >= 15 is 0 Å². The zero-order chi connectivity index (χ0) is 21.6. The van der Waals surface area contributed by atoms with Crippen LogP contribution in [-0.4, -0.2) is 58.7 Å². The number of fused-ring (bicyclic) bond motifs is 1. The number of hydrogen-bond acceptors (Lipinski definition) is 7. The van der Waals surface area contributed by atoms with E-state index in [1.807, 2.05) is 51.1 Å². The average molecular weight is 402 g/mol. The molecule has 0 fully saturated rings. The molecule has 7 heteroatoms. The third-order valence-corrected chi connectivity index (χ3v) is 4.52. The Morgan fingerprint density at radius 1 is 1.24 bits per heavy atom. The highest BCUT2D eigenvalue weighted by Gasteiger charge is 2.35. The molecule has 0 amide bonds. The van der Waals surface area contributed by atoms with Crippen LogP contribution >= 0.6 is 0 Å². The molecule has 0 unspecified atom stereocenters.